The number of carbonyl (C=O) groups excluding carboxylic acids is 1. The molecule has 1 aromatic carbocycles. The molecule has 0 aliphatic rings. The number of fused-ring (bicyclic) bond motifs is 1. The molecule has 1 aromatic heterocycles. The van der Waals surface area contributed by atoms with E-state index in [9.17, 15) is 4.79 Å². The fourth-order valence-electron chi connectivity index (χ4n) is 1.69. The number of unbranched alkanes of at least 4 members (excludes halogenated alkanes) is 1. The molecular formula is C14H19N3OS2. The molecule has 1 heterocycles. The summed E-state index contributed by atoms with van der Waals surface area (Å²) >= 11 is 3.29. The summed E-state index contributed by atoms with van der Waals surface area (Å²) in [6.07, 6.45) is 2.95. The lowest BCUT2D eigenvalue weighted by atomic mass is 10.3. The average Bonchev–Trinajstić information content (AvgIpc) is 2.79. The van der Waals surface area contributed by atoms with Gasteiger partial charge in [0.25, 0.3) is 0 Å². The molecule has 0 atom stereocenters. The smallest absolute Gasteiger partial charge is 0.226 e. The highest BCUT2D eigenvalue weighted by Crippen LogP contribution is 2.27. The number of carbonyl (C=O) groups is 1. The molecule has 0 aliphatic heterocycles. The first kappa shape index (κ1) is 15.1. The molecule has 108 valence electrons. The van der Waals surface area contributed by atoms with Gasteiger partial charge in [-0.2, -0.15) is 11.8 Å². The molecule has 2 rings (SSSR count). The van der Waals surface area contributed by atoms with Crippen molar-refractivity contribution in [3.05, 3.63) is 18.2 Å². The number of nitrogen functional groups attached to an aromatic ring is 1. The van der Waals surface area contributed by atoms with Crippen molar-refractivity contribution < 1.29 is 4.79 Å². The molecule has 4 nitrogen and oxygen atoms in total. The van der Waals surface area contributed by atoms with E-state index in [0.29, 0.717) is 17.2 Å². The van der Waals surface area contributed by atoms with E-state index in [1.54, 1.807) is 0 Å². The van der Waals surface area contributed by atoms with Crippen molar-refractivity contribution in [1.82, 2.24) is 4.98 Å². The van der Waals surface area contributed by atoms with Gasteiger partial charge in [-0.3, -0.25) is 4.79 Å². The molecule has 2 aromatic rings. The molecule has 0 bridgehead atoms. The second-order valence-electron chi connectivity index (χ2n) is 4.51. The number of anilines is 2. The van der Waals surface area contributed by atoms with Gasteiger partial charge in [0.05, 0.1) is 10.2 Å². The van der Waals surface area contributed by atoms with E-state index in [1.807, 2.05) is 30.0 Å². The molecule has 0 spiro atoms. The first-order valence-electron chi connectivity index (χ1n) is 6.72. The van der Waals surface area contributed by atoms with Crippen molar-refractivity contribution in [3.63, 3.8) is 0 Å². The minimum atomic E-state index is 0.0287. The standard InChI is InChI=1S/C14H19N3OS2/c1-2-3-7-19-8-6-13(18)17-14-16-11-5-4-10(15)9-12(11)20-14/h4-5,9H,2-3,6-8,15H2,1H3,(H,16,17,18). The highest BCUT2D eigenvalue weighted by Gasteiger charge is 2.07. The van der Waals surface area contributed by atoms with Crippen LogP contribution in [0.25, 0.3) is 10.2 Å². The quantitative estimate of drug-likeness (QED) is 0.604. The van der Waals surface area contributed by atoms with Crippen LogP contribution in [0, 0.1) is 0 Å². The molecule has 0 aliphatic carbocycles. The number of nitrogens with zero attached hydrogens (tertiary/aromatic N) is 1. The number of thiazole rings is 1. The summed E-state index contributed by atoms with van der Waals surface area (Å²) in [5.74, 6) is 2.02. The number of thioether (sulfide) groups is 1. The van der Waals surface area contributed by atoms with Crippen LogP contribution >= 0.6 is 23.1 Å². The Morgan fingerprint density at radius 1 is 1.45 bits per heavy atom. The summed E-state index contributed by atoms with van der Waals surface area (Å²) in [4.78, 5) is 16.2. The summed E-state index contributed by atoms with van der Waals surface area (Å²) < 4.78 is 0.998. The van der Waals surface area contributed by atoms with Crippen LogP contribution in [0.4, 0.5) is 10.8 Å². The predicted octanol–water partition coefficient (Wildman–Crippen LogP) is 3.74. The van der Waals surface area contributed by atoms with E-state index in [4.69, 9.17) is 5.73 Å². The van der Waals surface area contributed by atoms with Crippen molar-refractivity contribution in [2.45, 2.75) is 26.2 Å². The zero-order chi connectivity index (χ0) is 14.4. The van der Waals surface area contributed by atoms with Crippen LogP contribution in [0.3, 0.4) is 0 Å². The van der Waals surface area contributed by atoms with E-state index in [-0.39, 0.29) is 5.91 Å². The third-order valence-electron chi connectivity index (χ3n) is 2.77. The second-order valence-corrected chi connectivity index (χ2v) is 6.77. The Morgan fingerprint density at radius 2 is 2.30 bits per heavy atom. The van der Waals surface area contributed by atoms with E-state index in [1.165, 1.54) is 24.2 Å². The van der Waals surface area contributed by atoms with Crippen molar-refractivity contribution in [1.29, 1.82) is 0 Å². The molecular weight excluding hydrogens is 290 g/mol. The molecule has 20 heavy (non-hydrogen) atoms. The van der Waals surface area contributed by atoms with Gasteiger partial charge >= 0.3 is 0 Å². The van der Waals surface area contributed by atoms with E-state index in [2.05, 4.69) is 17.2 Å². The first-order valence-corrected chi connectivity index (χ1v) is 8.70. The molecule has 0 saturated heterocycles. The lowest BCUT2D eigenvalue weighted by molar-refractivity contribution is -0.115. The number of nitrogens with one attached hydrogen (secondary N) is 1. The van der Waals surface area contributed by atoms with Gasteiger partial charge in [-0.25, -0.2) is 4.98 Å². The molecule has 0 fully saturated rings. The van der Waals surface area contributed by atoms with Crippen LogP contribution in [0.5, 0.6) is 0 Å². The number of amides is 1. The summed E-state index contributed by atoms with van der Waals surface area (Å²) in [5, 5.41) is 3.50. The normalized spacial score (nSPS) is 10.8. The minimum Gasteiger partial charge on any atom is -0.399 e. The maximum absolute atomic E-state index is 11.8. The van der Waals surface area contributed by atoms with E-state index >= 15 is 0 Å². The molecule has 0 radical (unpaired) electrons. The van der Waals surface area contributed by atoms with Gasteiger partial charge in [-0.05, 0) is 30.4 Å². The Kier molecular flexibility index (Phi) is 5.67. The Labute approximate surface area is 127 Å². The lowest BCUT2D eigenvalue weighted by Crippen LogP contribution is -2.11. The molecule has 0 saturated carbocycles. The zero-order valence-corrected chi connectivity index (χ0v) is 13.1. The largest absolute Gasteiger partial charge is 0.399 e. The molecule has 6 heteroatoms. The fourth-order valence-corrected chi connectivity index (χ4v) is 3.65. The number of hydrogen-bond acceptors (Lipinski definition) is 5. The monoisotopic (exact) mass is 309 g/mol. The van der Waals surface area contributed by atoms with Crippen LogP contribution in [0.1, 0.15) is 26.2 Å². The van der Waals surface area contributed by atoms with Gasteiger partial charge in [0.2, 0.25) is 5.91 Å². The molecule has 1 amide bonds. The van der Waals surface area contributed by atoms with Crippen molar-refractivity contribution in [3.8, 4) is 0 Å². The molecule has 3 N–H and O–H groups in total. The summed E-state index contributed by atoms with van der Waals surface area (Å²) in [5.41, 5.74) is 7.32. The third kappa shape index (κ3) is 4.38. The average molecular weight is 309 g/mol. The van der Waals surface area contributed by atoms with E-state index < -0.39 is 0 Å². The Morgan fingerprint density at radius 3 is 3.10 bits per heavy atom. The summed E-state index contributed by atoms with van der Waals surface area (Å²) in [6, 6.07) is 5.57. The van der Waals surface area contributed by atoms with Crippen LogP contribution in [0.2, 0.25) is 0 Å². The maximum Gasteiger partial charge on any atom is 0.226 e. The van der Waals surface area contributed by atoms with Crippen molar-refractivity contribution in [2.24, 2.45) is 0 Å². The number of aromatic nitrogens is 1. The van der Waals surface area contributed by atoms with Crippen LogP contribution < -0.4 is 11.1 Å². The highest BCUT2D eigenvalue weighted by molar-refractivity contribution is 7.99. The Bertz CT molecular complexity index is 583. The number of hydrogen-bond donors (Lipinski definition) is 2. The zero-order valence-electron chi connectivity index (χ0n) is 11.5. The van der Waals surface area contributed by atoms with Gasteiger partial charge in [0.15, 0.2) is 5.13 Å². The number of rotatable bonds is 7. The predicted molar refractivity (Wildman–Crippen MR) is 89.5 cm³/mol. The van der Waals surface area contributed by atoms with Gasteiger partial charge in [-0.15, -0.1) is 0 Å². The van der Waals surface area contributed by atoms with E-state index in [0.717, 1.165) is 21.7 Å². The third-order valence-corrected chi connectivity index (χ3v) is 4.78. The highest BCUT2D eigenvalue weighted by atomic mass is 32.2. The van der Waals surface area contributed by atoms with Gasteiger partial charge in [-0.1, -0.05) is 24.7 Å². The minimum absolute atomic E-state index is 0.0287. The van der Waals surface area contributed by atoms with Crippen LogP contribution in [-0.2, 0) is 4.79 Å². The van der Waals surface area contributed by atoms with Crippen LogP contribution in [0.15, 0.2) is 18.2 Å². The fraction of sp³-hybridized carbons (Fsp3) is 0.429. The van der Waals surface area contributed by atoms with Gasteiger partial charge < -0.3 is 11.1 Å². The first-order chi connectivity index (χ1) is 9.69. The number of benzene rings is 1. The lowest BCUT2D eigenvalue weighted by Gasteiger charge is -2.01. The van der Waals surface area contributed by atoms with Crippen LogP contribution in [-0.4, -0.2) is 22.4 Å². The Balaban J connectivity index is 1.83. The van der Waals surface area contributed by atoms with Gasteiger partial charge in [0, 0.05) is 17.9 Å². The maximum atomic E-state index is 11.8. The Hall–Kier alpha value is -1.27. The topological polar surface area (TPSA) is 68.0 Å². The number of nitrogens with two attached hydrogens (primary N) is 1. The van der Waals surface area contributed by atoms with Gasteiger partial charge in [0.1, 0.15) is 0 Å². The van der Waals surface area contributed by atoms with Crippen molar-refractivity contribution >= 4 is 50.0 Å². The molecule has 0 unspecified atom stereocenters. The second kappa shape index (κ2) is 7.50. The summed E-state index contributed by atoms with van der Waals surface area (Å²) in [6.45, 7) is 2.17. The SMILES string of the molecule is CCCCSCCC(=O)Nc1nc2ccc(N)cc2s1. The van der Waals surface area contributed by atoms with Crippen molar-refractivity contribution in [2.75, 3.05) is 22.6 Å². The summed E-state index contributed by atoms with van der Waals surface area (Å²) in [7, 11) is 0.